The third-order valence-corrected chi connectivity index (χ3v) is 4.93. The number of nitrogens with zero attached hydrogens (tertiary/aromatic N) is 2. The first-order valence-corrected chi connectivity index (χ1v) is 8.61. The maximum absolute atomic E-state index is 12.2. The topological polar surface area (TPSA) is 45.2 Å². The standard InChI is InChI=1S/C15H16BrN3OS/c16-12-4-1-3-11(9-12)14(20)18-10-13-5-2-7-19(13)15-17-6-8-21-15/h1,3-4,6,8-9,13H,2,5,7,10H2,(H,18,20). The number of carbonyl (C=O) groups is 1. The van der Waals surface area contributed by atoms with Gasteiger partial charge in [0.15, 0.2) is 5.13 Å². The molecule has 1 amide bonds. The first kappa shape index (κ1) is 14.5. The van der Waals surface area contributed by atoms with E-state index in [0.29, 0.717) is 18.2 Å². The van der Waals surface area contributed by atoms with Gasteiger partial charge in [-0.15, -0.1) is 11.3 Å². The van der Waals surface area contributed by atoms with Crippen molar-refractivity contribution in [2.45, 2.75) is 18.9 Å². The Hall–Kier alpha value is -1.40. The quantitative estimate of drug-likeness (QED) is 0.903. The third kappa shape index (κ3) is 3.44. The van der Waals surface area contributed by atoms with Gasteiger partial charge in [0.1, 0.15) is 0 Å². The molecule has 0 spiro atoms. The van der Waals surface area contributed by atoms with Gasteiger partial charge in [-0.2, -0.15) is 0 Å². The molecule has 0 aliphatic carbocycles. The number of carbonyl (C=O) groups excluding carboxylic acids is 1. The molecule has 1 aliphatic rings. The molecule has 1 unspecified atom stereocenters. The van der Waals surface area contributed by atoms with Crippen molar-refractivity contribution in [2.24, 2.45) is 0 Å². The molecule has 21 heavy (non-hydrogen) atoms. The molecule has 1 aromatic heterocycles. The Morgan fingerprint density at radius 2 is 2.43 bits per heavy atom. The fraction of sp³-hybridized carbons (Fsp3) is 0.333. The van der Waals surface area contributed by atoms with E-state index in [9.17, 15) is 4.79 Å². The lowest BCUT2D eigenvalue weighted by Gasteiger charge is -2.24. The molecule has 0 bridgehead atoms. The van der Waals surface area contributed by atoms with E-state index >= 15 is 0 Å². The highest BCUT2D eigenvalue weighted by Gasteiger charge is 2.26. The monoisotopic (exact) mass is 365 g/mol. The van der Waals surface area contributed by atoms with Crippen molar-refractivity contribution in [1.29, 1.82) is 0 Å². The second-order valence-corrected chi connectivity index (χ2v) is 6.81. The molecule has 6 heteroatoms. The van der Waals surface area contributed by atoms with Crippen molar-refractivity contribution in [3.05, 3.63) is 45.9 Å². The van der Waals surface area contributed by atoms with Crippen molar-refractivity contribution in [1.82, 2.24) is 10.3 Å². The first-order chi connectivity index (χ1) is 10.2. The Morgan fingerprint density at radius 1 is 1.52 bits per heavy atom. The molecule has 1 saturated heterocycles. The average Bonchev–Trinajstić information content (AvgIpc) is 3.15. The zero-order valence-electron chi connectivity index (χ0n) is 11.5. The van der Waals surface area contributed by atoms with E-state index in [4.69, 9.17) is 0 Å². The Labute approximate surface area is 136 Å². The van der Waals surface area contributed by atoms with Crippen LogP contribution in [0.15, 0.2) is 40.3 Å². The van der Waals surface area contributed by atoms with Gasteiger partial charge in [0.25, 0.3) is 5.91 Å². The van der Waals surface area contributed by atoms with E-state index in [1.807, 2.05) is 35.8 Å². The molecular weight excluding hydrogens is 350 g/mol. The average molecular weight is 366 g/mol. The van der Waals surface area contributed by atoms with Crippen LogP contribution in [-0.4, -0.2) is 30.0 Å². The van der Waals surface area contributed by atoms with Crippen molar-refractivity contribution < 1.29 is 4.79 Å². The summed E-state index contributed by atoms with van der Waals surface area (Å²) in [5, 5.41) is 6.08. The van der Waals surface area contributed by atoms with Gasteiger partial charge in [-0.25, -0.2) is 4.98 Å². The van der Waals surface area contributed by atoms with Crippen molar-refractivity contribution in [2.75, 3.05) is 18.0 Å². The minimum Gasteiger partial charge on any atom is -0.350 e. The second-order valence-electron chi connectivity index (χ2n) is 5.02. The van der Waals surface area contributed by atoms with Crippen LogP contribution < -0.4 is 10.2 Å². The molecule has 1 atom stereocenters. The summed E-state index contributed by atoms with van der Waals surface area (Å²) >= 11 is 5.04. The molecule has 1 aliphatic heterocycles. The van der Waals surface area contributed by atoms with E-state index in [2.05, 4.69) is 31.1 Å². The van der Waals surface area contributed by atoms with Gasteiger partial charge in [-0.3, -0.25) is 4.79 Å². The number of halogens is 1. The molecule has 2 heterocycles. The van der Waals surface area contributed by atoms with Crippen LogP contribution in [-0.2, 0) is 0 Å². The SMILES string of the molecule is O=C(NCC1CCCN1c1nccs1)c1cccc(Br)c1. The van der Waals surface area contributed by atoms with Gasteiger partial charge in [0.2, 0.25) is 0 Å². The van der Waals surface area contributed by atoms with Gasteiger partial charge in [0.05, 0.1) is 0 Å². The minimum atomic E-state index is -0.0257. The number of anilines is 1. The number of nitrogens with one attached hydrogen (secondary N) is 1. The normalized spacial score (nSPS) is 18.0. The van der Waals surface area contributed by atoms with Crippen LogP contribution in [0.25, 0.3) is 0 Å². The highest BCUT2D eigenvalue weighted by atomic mass is 79.9. The number of hydrogen-bond acceptors (Lipinski definition) is 4. The molecule has 2 aromatic rings. The number of thiazole rings is 1. The second kappa shape index (κ2) is 6.58. The highest BCUT2D eigenvalue weighted by molar-refractivity contribution is 9.10. The molecule has 3 rings (SSSR count). The van der Waals surface area contributed by atoms with E-state index in [1.165, 1.54) is 0 Å². The summed E-state index contributed by atoms with van der Waals surface area (Å²) in [5.41, 5.74) is 0.683. The summed E-state index contributed by atoms with van der Waals surface area (Å²) in [5.74, 6) is -0.0257. The maximum Gasteiger partial charge on any atom is 0.251 e. The lowest BCUT2D eigenvalue weighted by Crippen LogP contribution is -2.40. The zero-order chi connectivity index (χ0) is 14.7. The number of amides is 1. The zero-order valence-corrected chi connectivity index (χ0v) is 13.9. The molecule has 110 valence electrons. The predicted molar refractivity (Wildman–Crippen MR) is 89.0 cm³/mol. The van der Waals surface area contributed by atoms with Crippen LogP contribution in [0, 0.1) is 0 Å². The largest absolute Gasteiger partial charge is 0.350 e. The summed E-state index contributed by atoms with van der Waals surface area (Å²) in [4.78, 5) is 18.9. The van der Waals surface area contributed by atoms with Crippen LogP contribution in [0.4, 0.5) is 5.13 Å². The molecule has 1 N–H and O–H groups in total. The Balaban J connectivity index is 1.61. The van der Waals surface area contributed by atoms with Gasteiger partial charge in [0, 0.05) is 40.7 Å². The van der Waals surface area contributed by atoms with Crippen LogP contribution in [0.5, 0.6) is 0 Å². The van der Waals surface area contributed by atoms with E-state index in [0.717, 1.165) is 29.0 Å². The van der Waals surface area contributed by atoms with Crippen molar-refractivity contribution in [3.63, 3.8) is 0 Å². The smallest absolute Gasteiger partial charge is 0.251 e. The first-order valence-electron chi connectivity index (χ1n) is 6.94. The lowest BCUT2D eigenvalue weighted by atomic mass is 10.2. The third-order valence-electron chi connectivity index (χ3n) is 3.63. The van der Waals surface area contributed by atoms with Gasteiger partial charge >= 0.3 is 0 Å². The Bertz CT molecular complexity index is 617. The van der Waals surface area contributed by atoms with Gasteiger partial charge < -0.3 is 10.2 Å². The van der Waals surface area contributed by atoms with E-state index in [1.54, 1.807) is 11.3 Å². The molecule has 0 radical (unpaired) electrons. The maximum atomic E-state index is 12.2. The van der Waals surface area contributed by atoms with Gasteiger partial charge in [-0.05, 0) is 31.0 Å². The van der Waals surface area contributed by atoms with Crippen LogP contribution in [0.3, 0.4) is 0 Å². The van der Waals surface area contributed by atoms with Gasteiger partial charge in [-0.1, -0.05) is 22.0 Å². The molecule has 1 aromatic carbocycles. The fourth-order valence-corrected chi connectivity index (χ4v) is 3.74. The highest BCUT2D eigenvalue weighted by Crippen LogP contribution is 2.26. The summed E-state index contributed by atoms with van der Waals surface area (Å²) in [7, 11) is 0. The molecule has 4 nitrogen and oxygen atoms in total. The summed E-state index contributed by atoms with van der Waals surface area (Å²) in [6.07, 6.45) is 4.07. The summed E-state index contributed by atoms with van der Waals surface area (Å²) in [6.45, 7) is 1.68. The Kier molecular flexibility index (Phi) is 4.55. The molecular formula is C15H16BrN3OS. The molecule has 1 fully saturated rings. The summed E-state index contributed by atoms with van der Waals surface area (Å²) in [6, 6.07) is 7.79. The van der Waals surface area contributed by atoms with Crippen LogP contribution in [0.1, 0.15) is 23.2 Å². The van der Waals surface area contributed by atoms with Crippen molar-refractivity contribution in [3.8, 4) is 0 Å². The number of benzene rings is 1. The predicted octanol–water partition coefficient (Wildman–Crippen LogP) is 3.30. The van der Waals surface area contributed by atoms with Crippen LogP contribution in [0.2, 0.25) is 0 Å². The lowest BCUT2D eigenvalue weighted by molar-refractivity contribution is 0.0951. The fourth-order valence-electron chi connectivity index (χ4n) is 2.60. The number of rotatable bonds is 4. The van der Waals surface area contributed by atoms with E-state index < -0.39 is 0 Å². The number of aromatic nitrogens is 1. The van der Waals surface area contributed by atoms with Crippen molar-refractivity contribution >= 4 is 38.3 Å². The Morgan fingerprint density at radius 3 is 3.19 bits per heavy atom. The van der Waals surface area contributed by atoms with E-state index in [-0.39, 0.29) is 5.91 Å². The summed E-state index contributed by atoms with van der Waals surface area (Å²) < 4.78 is 0.917. The number of hydrogen-bond donors (Lipinski definition) is 1. The van der Waals surface area contributed by atoms with Crippen LogP contribution >= 0.6 is 27.3 Å². The minimum absolute atomic E-state index is 0.0257. The molecule has 0 saturated carbocycles.